The van der Waals surface area contributed by atoms with Gasteiger partial charge in [-0.1, -0.05) is 25.6 Å². The molecule has 1 saturated heterocycles. The van der Waals surface area contributed by atoms with Gasteiger partial charge in [0.1, 0.15) is 12.8 Å². The number of ether oxygens (including phenoxy) is 2. The van der Waals surface area contributed by atoms with Crippen LogP contribution in [0.1, 0.15) is 46.8 Å². The van der Waals surface area contributed by atoms with Crippen molar-refractivity contribution in [1.82, 2.24) is 14.6 Å². The van der Waals surface area contributed by atoms with Gasteiger partial charge in [0.25, 0.3) is 14.1 Å². The van der Waals surface area contributed by atoms with Crippen LogP contribution in [0.25, 0.3) is 0 Å². The Morgan fingerprint density at radius 1 is 1.27 bits per heavy atom. The third kappa shape index (κ3) is 10.1. The molecule has 0 spiro atoms. The van der Waals surface area contributed by atoms with E-state index in [2.05, 4.69) is 10.1 Å². The first-order valence-corrected chi connectivity index (χ1v) is 12.9. The van der Waals surface area contributed by atoms with Crippen molar-refractivity contribution in [3.63, 3.8) is 0 Å². The Morgan fingerprint density at radius 2 is 2.03 bits per heavy atom. The fourth-order valence-electron chi connectivity index (χ4n) is 2.81. The molecule has 2 heterocycles. The van der Waals surface area contributed by atoms with Gasteiger partial charge in [-0.05, 0) is 26.7 Å². The molecule has 0 aliphatic carbocycles. The molecule has 0 bridgehead atoms. The molecular formula is C20H32N3O8PS. The SMILES string of the molecule is CC(C)OC(=O)CNP(OCCSC(=O)C(C)C)OCC1CCC(n2ccc(=O)[nH]c2=O)O1. The van der Waals surface area contributed by atoms with E-state index in [-0.39, 0.29) is 43.0 Å². The lowest BCUT2D eigenvalue weighted by Crippen LogP contribution is -2.31. The average Bonchev–Trinajstić information content (AvgIpc) is 3.20. The Hall–Kier alpha value is -1.56. The van der Waals surface area contributed by atoms with E-state index in [1.165, 1.54) is 28.6 Å². The highest BCUT2D eigenvalue weighted by Crippen LogP contribution is 2.36. The zero-order valence-electron chi connectivity index (χ0n) is 19.3. The zero-order chi connectivity index (χ0) is 24.4. The van der Waals surface area contributed by atoms with Gasteiger partial charge in [-0.2, -0.15) is 0 Å². The Balaban J connectivity index is 1.84. The van der Waals surface area contributed by atoms with Crippen LogP contribution in [-0.2, 0) is 28.1 Å². The lowest BCUT2D eigenvalue weighted by atomic mass is 10.2. The van der Waals surface area contributed by atoms with Gasteiger partial charge in [0.2, 0.25) is 0 Å². The van der Waals surface area contributed by atoms with Gasteiger partial charge in [-0.15, -0.1) is 0 Å². The van der Waals surface area contributed by atoms with Crippen LogP contribution < -0.4 is 16.3 Å². The predicted octanol–water partition coefficient (Wildman–Crippen LogP) is 1.93. The first kappa shape index (κ1) is 27.7. The van der Waals surface area contributed by atoms with Gasteiger partial charge in [-0.25, -0.2) is 9.88 Å². The zero-order valence-corrected chi connectivity index (χ0v) is 21.0. The second-order valence-corrected chi connectivity index (χ2v) is 10.3. The highest BCUT2D eigenvalue weighted by Gasteiger charge is 2.28. The maximum atomic E-state index is 12.0. The number of esters is 1. The maximum absolute atomic E-state index is 12.0. The molecule has 1 aliphatic rings. The van der Waals surface area contributed by atoms with E-state index in [0.29, 0.717) is 18.6 Å². The lowest BCUT2D eigenvalue weighted by molar-refractivity contribution is -0.145. The number of hydrogen-bond donors (Lipinski definition) is 2. The molecule has 1 aromatic rings. The molecule has 2 rings (SSSR count). The summed E-state index contributed by atoms with van der Waals surface area (Å²) in [5.41, 5.74) is -0.995. The Labute approximate surface area is 197 Å². The van der Waals surface area contributed by atoms with E-state index in [4.69, 9.17) is 18.5 Å². The molecule has 0 radical (unpaired) electrons. The molecule has 3 atom stereocenters. The van der Waals surface area contributed by atoms with Crippen LogP contribution in [-0.4, -0.2) is 58.4 Å². The van der Waals surface area contributed by atoms with E-state index in [1.807, 2.05) is 13.8 Å². The molecule has 1 aromatic heterocycles. The molecular weight excluding hydrogens is 473 g/mol. The molecule has 13 heteroatoms. The van der Waals surface area contributed by atoms with E-state index >= 15 is 0 Å². The van der Waals surface area contributed by atoms with Crippen LogP contribution in [0.5, 0.6) is 0 Å². The minimum atomic E-state index is -1.63. The molecule has 33 heavy (non-hydrogen) atoms. The summed E-state index contributed by atoms with van der Waals surface area (Å²) in [6.45, 7) is 7.57. The minimum Gasteiger partial charge on any atom is -0.462 e. The number of H-pyrrole nitrogens is 1. The van der Waals surface area contributed by atoms with Gasteiger partial charge >= 0.3 is 11.7 Å². The number of carbonyl (C=O) groups is 2. The van der Waals surface area contributed by atoms with Crippen molar-refractivity contribution in [2.75, 3.05) is 25.5 Å². The quantitative estimate of drug-likeness (QED) is 0.232. The van der Waals surface area contributed by atoms with E-state index < -0.39 is 32.0 Å². The Morgan fingerprint density at radius 3 is 2.70 bits per heavy atom. The number of thioether (sulfide) groups is 1. The van der Waals surface area contributed by atoms with Crippen molar-refractivity contribution in [2.24, 2.45) is 5.92 Å². The fourth-order valence-corrected chi connectivity index (χ4v) is 4.71. The van der Waals surface area contributed by atoms with Crippen LogP contribution in [0.2, 0.25) is 0 Å². The topological polar surface area (TPSA) is 138 Å². The van der Waals surface area contributed by atoms with Gasteiger partial charge in [-0.3, -0.25) is 23.9 Å². The summed E-state index contributed by atoms with van der Waals surface area (Å²) in [6, 6.07) is 1.27. The lowest BCUT2D eigenvalue weighted by Gasteiger charge is -2.21. The van der Waals surface area contributed by atoms with E-state index in [0.717, 1.165) is 0 Å². The summed E-state index contributed by atoms with van der Waals surface area (Å²) in [5, 5.41) is 3.00. The average molecular weight is 506 g/mol. The van der Waals surface area contributed by atoms with Gasteiger partial charge in [0.15, 0.2) is 5.12 Å². The molecule has 0 saturated carbocycles. The van der Waals surface area contributed by atoms with Gasteiger partial charge in [0.05, 0.1) is 25.4 Å². The summed E-state index contributed by atoms with van der Waals surface area (Å²) in [7, 11) is -1.63. The van der Waals surface area contributed by atoms with Crippen LogP contribution in [0.3, 0.4) is 0 Å². The summed E-state index contributed by atoms with van der Waals surface area (Å²) in [5.74, 6) is -0.0168. The Kier molecular flexibility index (Phi) is 11.7. The smallest absolute Gasteiger partial charge is 0.330 e. The van der Waals surface area contributed by atoms with Crippen molar-refractivity contribution in [3.8, 4) is 0 Å². The first-order chi connectivity index (χ1) is 15.7. The maximum Gasteiger partial charge on any atom is 0.330 e. The number of aromatic amines is 1. The minimum absolute atomic E-state index is 0.0564. The number of rotatable bonds is 13. The van der Waals surface area contributed by atoms with E-state index in [9.17, 15) is 19.2 Å². The third-order valence-electron chi connectivity index (χ3n) is 4.35. The monoisotopic (exact) mass is 505 g/mol. The Bertz CT molecular complexity index is 891. The fraction of sp³-hybridized carbons (Fsp3) is 0.700. The first-order valence-electron chi connectivity index (χ1n) is 10.8. The normalized spacial score (nSPS) is 19.2. The predicted molar refractivity (Wildman–Crippen MR) is 125 cm³/mol. The van der Waals surface area contributed by atoms with Gasteiger partial charge < -0.3 is 18.5 Å². The molecule has 0 aromatic carbocycles. The second kappa shape index (κ2) is 14.0. The molecule has 1 fully saturated rings. The number of nitrogens with zero attached hydrogens (tertiary/aromatic N) is 1. The summed E-state index contributed by atoms with van der Waals surface area (Å²) in [4.78, 5) is 49.0. The number of carbonyl (C=O) groups excluding carboxylic acids is 2. The molecule has 186 valence electrons. The third-order valence-corrected chi connectivity index (χ3v) is 6.70. The van der Waals surface area contributed by atoms with Crippen LogP contribution in [0, 0.1) is 5.92 Å². The van der Waals surface area contributed by atoms with Crippen LogP contribution >= 0.6 is 20.3 Å². The molecule has 1 aliphatic heterocycles. The molecule has 3 unspecified atom stereocenters. The number of hydrogen-bond acceptors (Lipinski definition) is 10. The summed E-state index contributed by atoms with van der Waals surface area (Å²) >= 11 is 1.19. The van der Waals surface area contributed by atoms with Crippen molar-refractivity contribution < 1.29 is 28.1 Å². The van der Waals surface area contributed by atoms with Gasteiger partial charge in [0, 0.05) is 23.9 Å². The highest BCUT2D eigenvalue weighted by molar-refractivity contribution is 8.13. The van der Waals surface area contributed by atoms with Crippen molar-refractivity contribution in [1.29, 1.82) is 0 Å². The molecule has 2 N–H and O–H groups in total. The highest BCUT2D eigenvalue weighted by atomic mass is 32.2. The second-order valence-electron chi connectivity index (χ2n) is 7.89. The van der Waals surface area contributed by atoms with Crippen molar-refractivity contribution >= 4 is 31.4 Å². The number of aromatic nitrogens is 2. The van der Waals surface area contributed by atoms with Crippen LogP contribution in [0.4, 0.5) is 0 Å². The summed E-state index contributed by atoms with van der Waals surface area (Å²) in [6.07, 6.45) is 1.62. The standard InChI is InChI=1S/C20H32N3O8PS/c1-13(2)19(26)33-10-9-28-32(21-11-18(25)30-14(3)4)29-12-15-5-6-17(31-15)23-8-7-16(24)22-20(23)27/h7-8,13-15,17,21H,5-6,9-12H2,1-4H3,(H,22,24,27). The number of nitrogens with one attached hydrogen (secondary N) is 2. The van der Waals surface area contributed by atoms with Crippen molar-refractivity contribution in [2.45, 2.75) is 59.0 Å². The summed E-state index contributed by atoms with van der Waals surface area (Å²) < 4.78 is 23.9. The van der Waals surface area contributed by atoms with Crippen LogP contribution in [0.15, 0.2) is 21.9 Å². The molecule has 0 amide bonds. The largest absolute Gasteiger partial charge is 0.462 e. The molecule has 11 nitrogen and oxygen atoms in total. The van der Waals surface area contributed by atoms with Crippen molar-refractivity contribution in [3.05, 3.63) is 33.1 Å². The van der Waals surface area contributed by atoms with E-state index in [1.54, 1.807) is 13.8 Å².